The molecule has 6 N–H and O–H groups in total. The van der Waals surface area contributed by atoms with E-state index in [2.05, 4.69) is 35.1 Å². The molecule has 0 spiro atoms. The second-order valence-electron chi connectivity index (χ2n) is 11.1. The van der Waals surface area contributed by atoms with Gasteiger partial charge in [0.2, 0.25) is 11.8 Å². The van der Waals surface area contributed by atoms with Crippen molar-refractivity contribution in [2.45, 2.75) is 135 Å². The van der Waals surface area contributed by atoms with Crippen molar-refractivity contribution >= 4 is 11.8 Å². The monoisotopic (exact) mass is 496 g/mol. The number of aliphatic hydroxyl groups excluding tert-OH is 2. The van der Waals surface area contributed by atoms with Crippen LogP contribution in [0.1, 0.15) is 98.3 Å². The van der Waals surface area contributed by atoms with Crippen molar-refractivity contribution in [3.8, 4) is 0 Å². The lowest BCUT2D eigenvalue weighted by atomic mass is 9.84. The number of hydrogen-bond acceptors (Lipinski definition) is 6. The fourth-order valence-electron chi connectivity index (χ4n) is 5.78. The summed E-state index contributed by atoms with van der Waals surface area (Å²) in [5.74, 6) is 0.901. The molecule has 4 aliphatic rings. The summed E-state index contributed by atoms with van der Waals surface area (Å²) in [7, 11) is 0. The molecule has 2 aliphatic heterocycles. The molecule has 0 aromatic heterocycles. The second kappa shape index (κ2) is 15.1. The first kappa shape index (κ1) is 30.0. The zero-order valence-electron chi connectivity index (χ0n) is 21.2. The Morgan fingerprint density at radius 3 is 1.37 bits per heavy atom. The third-order valence-electron chi connectivity index (χ3n) is 8.19. The molecule has 2 aliphatic carbocycles. The van der Waals surface area contributed by atoms with Crippen molar-refractivity contribution < 1.29 is 19.8 Å². The van der Waals surface area contributed by atoms with Crippen molar-refractivity contribution in [3.05, 3.63) is 0 Å². The number of carbonyl (C=O) groups excluding carboxylic acids is 2. The Balaban J connectivity index is 0.000000240. The molecule has 0 bridgehead atoms. The van der Waals surface area contributed by atoms with Crippen molar-refractivity contribution in [3.63, 3.8) is 0 Å². The molecule has 2 saturated carbocycles. The van der Waals surface area contributed by atoms with Gasteiger partial charge in [0.05, 0.1) is 24.3 Å². The number of carbonyl (C=O) groups is 2. The summed E-state index contributed by atoms with van der Waals surface area (Å²) < 4.78 is 0. The van der Waals surface area contributed by atoms with Gasteiger partial charge >= 0.3 is 0 Å². The first-order valence-corrected chi connectivity index (χ1v) is 13.8. The van der Waals surface area contributed by atoms with Crippen molar-refractivity contribution in [1.29, 1.82) is 0 Å². The van der Waals surface area contributed by atoms with Gasteiger partial charge in [-0.3, -0.25) is 9.59 Å². The van der Waals surface area contributed by atoms with E-state index in [-0.39, 0.29) is 55.6 Å². The van der Waals surface area contributed by atoms with Gasteiger partial charge in [-0.1, -0.05) is 34.1 Å². The molecular formula is C27H52N4O4. The first-order valence-electron chi connectivity index (χ1n) is 13.8. The summed E-state index contributed by atoms with van der Waals surface area (Å²) in [5, 5.41) is 32.1. The minimum absolute atomic E-state index is 0. The number of amides is 2. The lowest BCUT2D eigenvalue weighted by Gasteiger charge is -2.33. The van der Waals surface area contributed by atoms with Crippen LogP contribution in [0.25, 0.3) is 0 Å². The molecule has 0 aromatic carbocycles. The largest absolute Gasteiger partial charge is 0.393 e. The van der Waals surface area contributed by atoms with Crippen LogP contribution in [-0.2, 0) is 9.59 Å². The van der Waals surface area contributed by atoms with Crippen molar-refractivity contribution in [2.24, 2.45) is 11.8 Å². The maximum absolute atomic E-state index is 12.0. The van der Waals surface area contributed by atoms with E-state index in [0.717, 1.165) is 77.3 Å². The van der Waals surface area contributed by atoms with E-state index >= 15 is 0 Å². The second-order valence-corrected chi connectivity index (χ2v) is 11.1. The van der Waals surface area contributed by atoms with E-state index < -0.39 is 0 Å². The Morgan fingerprint density at radius 1 is 0.657 bits per heavy atom. The summed E-state index contributed by atoms with van der Waals surface area (Å²) >= 11 is 0. The Hall–Kier alpha value is -1.22. The number of hydrogen-bond donors (Lipinski definition) is 6. The predicted octanol–water partition coefficient (Wildman–Crippen LogP) is 2.22. The minimum Gasteiger partial charge on any atom is -0.393 e. The fraction of sp³-hybridized carbons (Fsp3) is 0.926. The van der Waals surface area contributed by atoms with Gasteiger partial charge in [-0.2, -0.15) is 0 Å². The molecule has 2 amide bonds. The minimum atomic E-state index is -0.184. The van der Waals surface area contributed by atoms with Crippen LogP contribution < -0.4 is 21.3 Å². The van der Waals surface area contributed by atoms with E-state index in [0.29, 0.717) is 11.8 Å². The number of nitrogens with one attached hydrogen (secondary N) is 4. The van der Waals surface area contributed by atoms with Crippen LogP contribution in [0.5, 0.6) is 0 Å². The average Bonchev–Trinajstić information content (AvgIpc) is 2.85. The summed E-state index contributed by atoms with van der Waals surface area (Å²) in [4.78, 5) is 24.0. The van der Waals surface area contributed by atoms with Crippen molar-refractivity contribution in [1.82, 2.24) is 21.3 Å². The quantitative estimate of drug-likeness (QED) is 0.355. The Labute approximate surface area is 212 Å². The molecule has 8 atom stereocenters. The van der Waals surface area contributed by atoms with Gasteiger partial charge in [-0.15, -0.1) is 0 Å². The van der Waals surface area contributed by atoms with Crippen LogP contribution in [0.4, 0.5) is 0 Å². The maximum atomic E-state index is 12.0. The number of piperidine rings is 2. The number of aliphatic hydroxyl groups is 2. The molecule has 2 heterocycles. The van der Waals surface area contributed by atoms with E-state index in [1.54, 1.807) is 0 Å². The van der Waals surface area contributed by atoms with E-state index in [1.807, 2.05) is 0 Å². The van der Waals surface area contributed by atoms with Crippen LogP contribution in [0.2, 0.25) is 0 Å². The third kappa shape index (κ3) is 9.63. The standard InChI is InChI=1S/2C13H24N2O2.CH4/c2*1-9-8-10(5-6-12(9)16)15-13(17)11-4-2-3-7-14-11;/h2*9-12,14,16H,2-8H2,1H3,(H,15,17);1H4/t9-,10+,11+,12-;9-,10+,11-,12-;/m01./s1. The highest BCUT2D eigenvalue weighted by Gasteiger charge is 2.30. The lowest BCUT2D eigenvalue weighted by molar-refractivity contribution is -0.125. The molecule has 35 heavy (non-hydrogen) atoms. The van der Waals surface area contributed by atoms with Gasteiger partial charge in [-0.05, 0) is 89.1 Å². The molecule has 4 fully saturated rings. The highest BCUT2D eigenvalue weighted by Crippen LogP contribution is 2.25. The summed E-state index contributed by atoms with van der Waals surface area (Å²) in [5.41, 5.74) is 0. The Morgan fingerprint density at radius 2 is 1.06 bits per heavy atom. The molecule has 8 nitrogen and oxygen atoms in total. The molecular weight excluding hydrogens is 444 g/mol. The maximum Gasteiger partial charge on any atom is 0.237 e. The van der Waals surface area contributed by atoms with Gasteiger partial charge in [0.25, 0.3) is 0 Å². The molecule has 4 rings (SSSR count). The smallest absolute Gasteiger partial charge is 0.237 e. The summed E-state index contributed by atoms with van der Waals surface area (Å²) in [6, 6.07) is 0.520. The van der Waals surface area contributed by atoms with E-state index in [9.17, 15) is 19.8 Å². The lowest BCUT2D eigenvalue weighted by Crippen LogP contribution is -2.51. The molecule has 0 aromatic rings. The third-order valence-corrected chi connectivity index (χ3v) is 8.19. The summed E-state index contributed by atoms with van der Waals surface area (Å²) in [6.07, 6.45) is 11.4. The summed E-state index contributed by atoms with van der Waals surface area (Å²) in [6.45, 7) is 6.03. The van der Waals surface area contributed by atoms with Gasteiger partial charge in [-0.25, -0.2) is 0 Å². The SMILES string of the molecule is C.C[C@@H]1C[C@@H](NC(=O)[C@H]2CCCCN2)CC[C@H]1O.C[C@H]1C[C@H](NC(=O)[C@H]2CCCCN2)CC[C@@H]1O. The van der Waals surface area contributed by atoms with E-state index in [4.69, 9.17) is 0 Å². The normalized spacial score (nSPS) is 37.6. The molecule has 2 saturated heterocycles. The number of rotatable bonds is 4. The molecule has 204 valence electrons. The average molecular weight is 497 g/mol. The highest BCUT2D eigenvalue weighted by atomic mass is 16.3. The topological polar surface area (TPSA) is 123 Å². The Bertz CT molecular complexity index is 583. The molecule has 8 heteroatoms. The van der Waals surface area contributed by atoms with Gasteiger partial charge in [0.1, 0.15) is 0 Å². The zero-order valence-corrected chi connectivity index (χ0v) is 21.2. The van der Waals surface area contributed by atoms with Crippen molar-refractivity contribution in [2.75, 3.05) is 13.1 Å². The van der Waals surface area contributed by atoms with Crippen LogP contribution in [0.3, 0.4) is 0 Å². The van der Waals surface area contributed by atoms with Crippen LogP contribution >= 0.6 is 0 Å². The predicted molar refractivity (Wildman–Crippen MR) is 140 cm³/mol. The molecule has 0 radical (unpaired) electrons. The van der Waals surface area contributed by atoms with Crippen LogP contribution in [0.15, 0.2) is 0 Å². The highest BCUT2D eigenvalue weighted by molar-refractivity contribution is 5.82. The van der Waals surface area contributed by atoms with Crippen LogP contribution in [-0.4, -0.2) is 71.5 Å². The fourth-order valence-corrected chi connectivity index (χ4v) is 5.78. The zero-order chi connectivity index (χ0) is 24.5. The first-order chi connectivity index (χ1) is 16.3. The van der Waals surface area contributed by atoms with Gasteiger partial charge in [0.15, 0.2) is 0 Å². The van der Waals surface area contributed by atoms with Gasteiger partial charge < -0.3 is 31.5 Å². The molecule has 0 unspecified atom stereocenters. The van der Waals surface area contributed by atoms with Crippen LogP contribution in [0, 0.1) is 11.8 Å². The van der Waals surface area contributed by atoms with Gasteiger partial charge in [0, 0.05) is 12.1 Å². The Kier molecular flexibility index (Phi) is 13.0. The van der Waals surface area contributed by atoms with E-state index in [1.165, 1.54) is 12.8 Å².